The number of thiocarbonyl (C=S) groups is 1. The molecular weight excluding hydrogens is 403 g/mol. The topological polar surface area (TPSA) is 82.9 Å². The van der Waals surface area contributed by atoms with E-state index >= 15 is 0 Å². The van der Waals surface area contributed by atoms with Gasteiger partial charge < -0.3 is 20.0 Å². The minimum Gasteiger partial charge on any atom is -0.455 e. The normalized spacial score (nSPS) is 14.3. The molecule has 4 rings (SSSR count). The molecule has 1 aromatic carbocycles. The van der Waals surface area contributed by atoms with Gasteiger partial charge in [-0.05, 0) is 60.7 Å². The molecule has 1 aliphatic rings. The van der Waals surface area contributed by atoms with Gasteiger partial charge in [0.1, 0.15) is 23.2 Å². The predicted octanol–water partition coefficient (Wildman–Crippen LogP) is 2.97. The molecule has 7 nitrogen and oxygen atoms in total. The second kappa shape index (κ2) is 8.91. The molecule has 154 valence electrons. The Kier molecular flexibility index (Phi) is 5.89. The van der Waals surface area contributed by atoms with Crippen molar-refractivity contribution in [2.45, 2.75) is 0 Å². The summed E-state index contributed by atoms with van der Waals surface area (Å²) >= 11 is 4.69. The molecular formula is C21H21FN6OS. The molecule has 0 aliphatic carbocycles. The molecule has 0 amide bonds. The minimum absolute atomic E-state index is 0.0938. The summed E-state index contributed by atoms with van der Waals surface area (Å²) in [5.74, 6) is 1.99. The van der Waals surface area contributed by atoms with Crippen LogP contribution in [0.3, 0.4) is 0 Å². The van der Waals surface area contributed by atoms with Crippen LogP contribution in [-0.2, 0) is 0 Å². The summed E-state index contributed by atoms with van der Waals surface area (Å²) in [6.07, 6.45) is 3.31. The zero-order valence-corrected chi connectivity index (χ0v) is 17.0. The van der Waals surface area contributed by atoms with Crippen LogP contribution in [0.1, 0.15) is 5.76 Å². The smallest absolute Gasteiger partial charge is 0.184 e. The number of anilines is 2. The van der Waals surface area contributed by atoms with E-state index in [9.17, 15) is 4.39 Å². The maximum absolute atomic E-state index is 13.1. The molecule has 3 N–H and O–H groups in total. The average molecular weight is 425 g/mol. The summed E-state index contributed by atoms with van der Waals surface area (Å²) in [7, 11) is 0. The first-order chi connectivity index (χ1) is 14.6. The third kappa shape index (κ3) is 4.74. The van der Waals surface area contributed by atoms with Crippen LogP contribution in [0.2, 0.25) is 0 Å². The van der Waals surface area contributed by atoms with Gasteiger partial charge in [0.05, 0.1) is 6.21 Å². The Balaban J connectivity index is 1.36. The molecule has 1 saturated heterocycles. The number of rotatable bonds is 5. The molecule has 0 bridgehead atoms. The highest BCUT2D eigenvalue weighted by molar-refractivity contribution is 7.80. The number of nitrogens with two attached hydrogens (primary N) is 1. The van der Waals surface area contributed by atoms with Crippen LogP contribution >= 0.6 is 12.2 Å². The molecule has 1 fully saturated rings. The Morgan fingerprint density at radius 2 is 1.80 bits per heavy atom. The van der Waals surface area contributed by atoms with E-state index in [1.165, 1.54) is 18.3 Å². The fourth-order valence-electron chi connectivity index (χ4n) is 3.30. The van der Waals surface area contributed by atoms with Crippen LogP contribution in [0.4, 0.5) is 15.9 Å². The summed E-state index contributed by atoms with van der Waals surface area (Å²) < 4.78 is 18.9. The van der Waals surface area contributed by atoms with Crippen molar-refractivity contribution in [2.75, 3.05) is 36.0 Å². The number of benzene rings is 1. The van der Waals surface area contributed by atoms with Crippen LogP contribution in [-0.4, -0.2) is 42.5 Å². The maximum Gasteiger partial charge on any atom is 0.184 e. The van der Waals surface area contributed by atoms with Gasteiger partial charge in [-0.25, -0.2) is 9.37 Å². The lowest BCUT2D eigenvalue weighted by molar-refractivity contribution is 0.574. The van der Waals surface area contributed by atoms with Crippen molar-refractivity contribution >= 4 is 35.1 Å². The number of nitrogens with zero attached hydrogens (tertiary/aromatic N) is 4. The number of aromatic nitrogens is 1. The molecule has 2 aromatic heterocycles. The zero-order valence-electron chi connectivity index (χ0n) is 16.2. The second-order valence-corrected chi connectivity index (χ2v) is 7.23. The molecule has 0 spiro atoms. The number of pyridine rings is 1. The highest BCUT2D eigenvalue weighted by Crippen LogP contribution is 2.24. The lowest BCUT2D eigenvalue weighted by Crippen LogP contribution is -2.46. The van der Waals surface area contributed by atoms with Crippen LogP contribution in [0.5, 0.6) is 0 Å². The number of hydrogen-bond donors (Lipinski definition) is 2. The van der Waals surface area contributed by atoms with Crippen molar-refractivity contribution in [1.29, 1.82) is 0 Å². The molecule has 1 aliphatic heterocycles. The monoisotopic (exact) mass is 424 g/mol. The van der Waals surface area contributed by atoms with E-state index in [1.807, 2.05) is 36.4 Å². The Morgan fingerprint density at radius 3 is 2.47 bits per heavy atom. The van der Waals surface area contributed by atoms with Crippen LogP contribution in [0.15, 0.2) is 64.2 Å². The molecule has 0 unspecified atom stereocenters. The van der Waals surface area contributed by atoms with Gasteiger partial charge in [0.15, 0.2) is 5.11 Å². The van der Waals surface area contributed by atoms with Gasteiger partial charge in [0.25, 0.3) is 0 Å². The number of piperazine rings is 1. The van der Waals surface area contributed by atoms with Crippen LogP contribution in [0.25, 0.3) is 11.3 Å². The minimum atomic E-state index is -0.214. The summed E-state index contributed by atoms with van der Waals surface area (Å²) in [6, 6.07) is 14.3. The van der Waals surface area contributed by atoms with E-state index < -0.39 is 0 Å². The van der Waals surface area contributed by atoms with E-state index in [1.54, 1.807) is 6.20 Å². The first-order valence-electron chi connectivity index (χ1n) is 9.49. The highest BCUT2D eigenvalue weighted by atomic mass is 32.1. The van der Waals surface area contributed by atoms with Crippen molar-refractivity contribution in [1.82, 2.24) is 10.4 Å². The SMILES string of the molecule is NC(=S)N/N=C/c1ccc(-c2ccc(N3CCN(c4ccc(F)cc4)CC3)nc2)o1. The molecule has 9 heteroatoms. The van der Waals surface area contributed by atoms with Crippen molar-refractivity contribution in [3.8, 4) is 11.3 Å². The standard InChI is InChI=1S/C21H21FN6OS/c22-16-2-4-17(5-3-16)27-9-11-28(12-10-27)20-8-1-15(13-24-20)19-7-6-18(29-19)14-25-26-21(23)30/h1-8,13-14H,9-12H2,(H3,23,26,30)/b25-14+. The Labute approximate surface area is 179 Å². The fraction of sp³-hybridized carbons (Fsp3) is 0.190. The number of hydrogen-bond acceptors (Lipinski definition) is 6. The number of hydrazone groups is 1. The molecule has 3 aromatic rings. The third-order valence-electron chi connectivity index (χ3n) is 4.82. The van der Waals surface area contributed by atoms with Gasteiger partial charge >= 0.3 is 0 Å². The van der Waals surface area contributed by atoms with Gasteiger partial charge in [-0.1, -0.05) is 0 Å². The zero-order chi connectivity index (χ0) is 20.9. The summed E-state index contributed by atoms with van der Waals surface area (Å²) in [6.45, 7) is 3.41. The Morgan fingerprint density at radius 1 is 1.07 bits per heavy atom. The molecule has 30 heavy (non-hydrogen) atoms. The summed E-state index contributed by atoms with van der Waals surface area (Å²) in [5, 5.41) is 3.97. The number of nitrogens with one attached hydrogen (secondary N) is 1. The van der Waals surface area contributed by atoms with E-state index in [0.29, 0.717) is 11.5 Å². The first kappa shape index (κ1) is 19.8. The van der Waals surface area contributed by atoms with Gasteiger partial charge in [-0.2, -0.15) is 5.10 Å². The highest BCUT2D eigenvalue weighted by Gasteiger charge is 2.18. The maximum atomic E-state index is 13.1. The van der Waals surface area contributed by atoms with E-state index in [-0.39, 0.29) is 10.9 Å². The largest absolute Gasteiger partial charge is 0.455 e. The van der Waals surface area contributed by atoms with Crippen LogP contribution < -0.4 is 21.0 Å². The average Bonchev–Trinajstić information content (AvgIpc) is 3.23. The van der Waals surface area contributed by atoms with E-state index in [4.69, 9.17) is 10.2 Å². The van der Waals surface area contributed by atoms with Crippen molar-refractivity contribution < 1.29 is 8.81 Å². The van der Waals surface area contributed by atoms with Gasteiger partial charge in [0.2, 0.25) is 0 Å². The van der Waals surface area contributed by atoms with Gasteiger partial charge in [-0.3, -0.25) is 5.43 Å². The summed E-state index contributed by atoms with van der Waals surface area (Å²) in [5.41, 5.74) is 9.72. The molecule has 0 saturated carbocycles. The second-order valence-electron chi connectivity index (χ2n) is 6.79. The van der Waals surface area contributed by atoms with Crippen molar-refractivity contribution in [3.05, 3.63) is 66.3 Å². The van der Waals surface area contributed by atoms with E-state index in [2.05, 4.69) is 37.5 Å². The Bertz CT molecular complexity index is 1030. The number of furan rings is 1. The molecule has 0 radical (unpaired) electrons. The Hall–Kier alpha value is -3.46. The number of halogens is 1. The van der Waals surface area contributed by atoms with E-state index in [0.717, 1.165) is 43.2 Å². The lowest BCUT2D eigenvalue weighted by atomic mass is 10.2. The predicted molar refractivity (Wildman–Crippen MR) is 120 cm³/mol. The fourth-order valence-corrected chi connectivity index (χ4v) is 3.35. The third-order valence-corrected chi connectivity index (χ3v) is 4.91. The van der Waals surface area contributed by atoms with Gasteiger partial charge in [0, 0.05) is 43.6 Å². The first-order valence-corrected chi connectivity index (χ1v) is 9.89. The molecule has 0 atom stereocenters. The van der Waals surface area contributed by atoms with Gasteiger partial charge in [-0.15, -0.1) is 0 Å². The lowest BCUT2D eigenvalue weighted by Gasteiger charge is -2.36. The molecule has 3 heterocycles. The quantitative estimate of drug-likeness (QED) is 0.370. The summed E-state index contributed by atoms with van der Waals surface area (Å²) in [4.78, 5) is 9.09. The van der Waals surface area contributed by atoms with Crippen LogP contribution in [0, 0.1) is 5.82 Å². The van der Waals surface area contributed by atoms with Crippen molar-refractivity contribution in [3.63, 3.8) is 0 Å². The van der Waals surface area contributed by atoms with Crippen molar-refractivity contribution in [2.24, 2.45) is 10.8 Å².